The zero-order chi connectivity index (χ0) is 19.4. The molecule has 0 aliphatic carbocycles. The third-order valence-electron chi connectivity index (χ3n) is 3.58. The van der Waals surface area contributed by atoms with Crippen molar-refractivity contribution in [2.75, 3.05) is 10.6 Å². The Morgan fingerprint density at radius 2 is 1.48 bits per heavy atom. The van der Waals surface area contributed by atoms with E-state index >= 15 is 0 Å². The van der Waals surface area contributed by atoms with Gasteiger partial charge >= 0.3 is 6.18 Å². The average Bonchev–Trinajstić information content (AvgIpc) is 3.16. The summed E-state index contributed by atoms with van der Waals surface area (Å²) in [5, 5.41) is 5.10. The smallest absolute Gasteiger partial charge is 0.416 e. The van der Waals surface area contributed by atoms with Crippen molar-refractivity contribution in [1.82, 2.24) is 0 Å². The Labute approximate surface area is 151 Å². The van der Waals surface area contributed by atoms with Gasteiger partial charge in [-0.15, -0.1) is 0 Å². The molecular weight excluding hydrogens is 361 g/mol. The highest BCUT2D eigenvalue weighted by atomic mass is 19.4. The monoisotopic (exact) mass is 374 g/mol. The molecular formula is C19H13F3N2O3. The molecule has 0 spiro atoms. The lowest BCUT2D eigenvalue weighted by molar-refractivity contribution is -0.137. The van der Waals surface area contributed by atoms with Crippen LogP contribution in [0.5, 0.6) is 0 Å². The summed E-state index contributed by atoms with van der Waals surface area (Å²) < 4.78 is 43.3. The number of hydrogen-bond acceptors (Lipinski definition) is 3. The summed E-state index contributed by atoms with van der Waals surface area (Å²) >= 11 is 0. The van der Waals surface area contributed by atoms with E-state index in [4.69, 9.17) is 4.42 Å². The molecule has 2 N–H and O–H groups in total. The molecule has 0 saturated carbocycles. The van der Waals surface area contributed by atoms with Gasteiger partial charge in [0.2, 0.25) is 0 Å². The van der Waals surface area contributed by atoms with E-state index in [1.807, 2.05) is 0 Å². The SMILES string of the molecule is O=C(Nc1cccc(NC(=O)c2ccco2)c1)c1cccc(C(F)(F)F)c1. The van der Waals surface area contributed by atoms with Crippen molar-refractivity contribution in [3.05, 3.63) is 83.8 Å². The van der Waals surface area contributed by atoms with E-state index in [2.05, 4.69) is 10.6 Å². The number of halogens is 3. The maximum atomic E-state index is 12.8. The van der Waals surface area contributed by atoms with E-state index in [1.165, 1.54) is 24.5 Å². The highest BCUT2D eigenvalue weighted by Gasteiger charge is 2.30. The van der Waals surface area contributed by atoms with Crippen LogP contribution < -0.4 is 10.6 Å². The molecule has 2 amide bonds. The molecule has 0 atom stereocenters. The fourth-order valence-electron chi connectivity index (χ4n) is 2.32. The third kappa shape index (κ3) is 4.55. The van der Waals surface area contributed by atoms with Crippen molar-refractivity contribution < 1.29 is 27.2 Å². The van der Waals surface area contributed by atoms with E-state index in [0.29, 0.717) is 11.4 Å². The maximum absolute atomic E-state index is 12.8. The molecule has 2 aromatic carbocycles. The van der Waals surface area contributed by atoms with Gasteiger partial charge in [0.05, 0.1) is 11.8 Å². The van der Waals surface area contributed by atoms with E-state index in [1.54, 1.807) is 24.3 Å². The van der Waals surface area contributed by atoms with Crippen LogP contribution in [0.2, 0.25) is 0 Å². The lowest BCUT2D eigenvalue weighted by Gasteiger charge is -2.10. The van der Waals surface area contributed by atoms with Gasteiger partial charge in [0.1, 0.15) is 0 Å². The first-order valence-corrected chi connectivity index (χ1v) is 7.76. The Morgan fingerprint density at radius 1 is 0.815 bits per heavy atom. The summed E-state index contributed by atoms with van der Waals surface area (Å²) in [5.74, 6) is -1.05. The highest BCUT2D eigenvalue weighted by Crippen LogP contribution is 2.29. The van der Waals surface area contributed by atoms with Crippen LogP contribution in [-0.4, -0.2) is 11.8 Å². The molecule has 0 radical (unpaired) electrons. The number of carbonyl (C=O) groups is 2. The molecule has 0 aliphatic heterocycles. The van der Waals surface area contributed by atoms with Gasteiger partial charge in [-0.2, -0.15) is 13.2 Å². The zero-order valence-corrected chi connectivity index (χ0v) is 13.7. The van der Waals surface area contributed by atoms with Crippen LogP contribution in [0.3, 0.4) is 0 Å². The number of furan rings is 1. The van der Waals surface area contributed by atoms with Crippen LogP contribution in [0.25, 0.3) is 0 Å². The van der Waals surface area contributed by atoms with Crippen molar-refractivity contribution in [1.29, 1.82) is 0 Å². The fourth-order valence-corrected chi connectivity index (χ4v) is 2.32. The summed E-state index contributed by atoms with van der Waals surface area (Å²) in [5.41, 5.74) is -0.336. The van der Waals surface area contributed by atoms with Crippen LogP contribution in [0.4, 0.5) is 24.5 Å². The molecule has 0 saturated heterocycles. The molecule has 3 rings (SSSR count). The third-order valence-corrected chi connectivity index (χ3v) is 3.58. The van der Waals surface area contributed by atoms with Crippen molar-refractivity contribution in [3.63, 3.8) is 0 Å². The van der Waals surface area contributed by atoms with Gasteiger partial charge in [-0.05, 0) is 48.5 Å². The van der Waals surface area contributed by atoms with Gasteiger partial charge in [0, 0.05) is 16.9 Å². The van der Waals surface area contributed by atoms with Crippen LogP contribution >= 0.6 is 0 Å². The molecule has 138 valence electrons. The van der Waals surface area contributed by atoms with Crippen LogP contribution in [-0.2, 0) is 6.18 Å². The average molecular weight is 374 g/mol. The minimum Gasteiger partial charge on any atom is -0.459 e. The molecule has 3 aromatic rings. The van der Waals surface area contributed by atoms with Crippen molar-refractivity contribution in [2.45, 2.75) is 6.18 Å². The summed E-state index contributed by atoms with van der Waals surface area (Å²) in [7, 11) is 0. The predicted octanol–water partition coefficient (Wildman–Crippen LogP) is 4.80. The highest BCUT2D eigenvalue weighted by molar-refractivity contribution is 6.05. The van der Waals surface area contributed by atoms with Gasteiger partial charge in [-0.3, -0.25) is 9.59 Å². The van der Waals surface area contributed by atoms with Gasteiger partial charge in [-0.25, -0.2) is 0 Å². The first-order valence-electron chi connectivity index (χ1n) is 7.76. The molecule has 0 bridgehead atoms. The predicted molar refractivity (Wildman–Crippen MR) is 92.5 cm³/mol. The number of carbonyl (C=O) groups excluding carboxylic acids is 2. The second-order valence-electron chi connectivity index (χ2n) is 5.54. The normalized spacial score (nSPS) is 11.1. The Balaban J connectivity index is 1.72. The van der Waals surface area contributed by atoms with Gasteiger partial charge in [0.15, 0.2) is 5.76 Å². The Hall–Kier alpha value is -3.55. The van der Waals surface area contributed by atoms with E-state index < -0.39 is 23.6 Å². The molecule has 1 heterocycles. The molecule has 8 heteroatoms. The molecule has 0 fully saturated rings. The second kappa shape index (κ2) is 7.36. The number of rotatable bonds is 4. The van der Waals surface area contributed by atoms with Crippen molar-refractivity contribution in [2.24, 2.45) is 0 Å². The Bertz CT molecular complexity index is 966. The van der Waals surface area contributed by atoms with Gasteiger partial charge < -0.3 is 15.1 Å². The standard InChI is InChI=1S/C19H13F3N2O3/c20-19(21,22)13-5-1-4-12(10-13)17(25)23-14-6-2-7-15(11-14)24-18(26)16-8-3-9-27-16/h1-11H,(H,23,25)(H,24,26). The van der Waals surface area contributed by atoms with E-state index in [0.717, 1.165) is 18.2 Å². The molecule has 0 aliphatic rings. The van der Waals surface area contributed by atoms with Crippen LogP contribution in [0.15, 0.2) is 71.3 Å². The van der Waals surface area contributed by atoms with Crippen molar-refractivity contribution >= 4 is 23.2 Å². The van der Waals surface area contributed by atoms with Crippen LogP contribution in [0.1, 0.15) is 26.5 Å². The summed E-state index contributed by atoms with van der Waals surface area (Å²) in [6.07, 6.45) is -3.17. The zero-order valence-electron chi connectivity index (χ0n) is 13.7. The molecule has 1 aromatic heterocycles. The fraction of sp³-hybridized carbons (Fsp3) is 0.0526. The van der Waals surface area contributed by atoms with E-state index in [9.17, 15) is 22.8 Å². The molecule has 5 nitrogen and oxygen atoms in total. The van der Waals surface area contributed by atoms with Crippen molar-refractivity contribution in [3.8, 4) is 0 Å². The number of alkyl halides is 3. The number of amides is 2. The van der Waals surface area contributed by atoms with Crippen LogP contribution in [0, 0.1) is 0 Å². The summed E-state index contributed by atoms with van der Waals surface area (Å²) in [6.45, 7) is 0. The topological polar surface area (TPSA) is 71.3 Å². The second-order valence-corrected chi connectivity index (χ2v) is 5.54. The Kier molecular flexibility index (Phi) is 4.98. The lowest BCUT2D eigenvalue weighted by Crippen LogP contribution is -2.14. The van der Waals surface area contributed by atoms with Gasteiger partial charge in [0.25, 0.3) is 11.8 Å². The number of hydrogen-bond donors (Lipinski definition) is 2. The van der Waals surface area contributed by atoms with Gasteiger partial charge in [-0.1, -0.05) is 12.1 Å². The van der Waals surface area contributed by atoms with E-state index in [-0.39, 0.29) is 11.3 Å². The lowest BCUT2D eigenvalue weighted by atomic mass is 10.1. The molecule has 0 unspecified atom stereocenters. The number of benzene rings is 2. The number of nitrogens with one attached hydrogen (secondary N) is 2. The minimum atomic E-state index is -4.54. The summed E-state index contributed by atoms with van der Waals surface area (Å²) in [6, 6.07) is 13.4. The quantitative estimate of drug-likeness (QED) is 0.689. The molecule has 27 heavy (non-hydrogen) atoms. The minimum absolute atomic E-state index is 0.119. The number of anilines is 2. The first kappa shape index (κ1) is 18.2. The Morgan fingerprint density at radius 3 is 2.11 bits per heavy atom. The first-order chi connectivity index (χ1) is 12.8. The maximum Gasteiger partial charge on any atom is 0.416 e. The summed E-state index contributed by atoms with van der Waals surface area (Å²) in [4.78, 5) is 24.2. The largest absolute Gasteiger partial charge is 0.459 e.